The van der Waals surface area contributed by atoms with Crippen molar-refractivity contribution in [3.63, 3.8) is 0 Å². The van der Waals surface area contributed by atoms with Crippen LogP contribution in [0, 0.1) is 0 Å². The maximum Gasteiger partial charge on any atom is 0.416 e. The molecule has 3 N–H and O–H groups in total. The molecular formula is C19H16F3N3O3. The highest BCUT2D eigenvalue weighted by molar-refractivity contribution is 6.09. The van der Waals surface area contributed by atoms with Crippen molar-refractivity contribution in [2.24, 2.45) is 0 Å². The Morgan fingerprint density at radius 2 is 1.71 bits per heavy atom. The molecule has 0 spiro atoms. The van der Waals surface area contributed by atoms with Gasteiger partial charge in [0.1, 0.15) is 6.04 Å². The first kappa shape index (κ1) is 19.4. The topological polar surface area (TPSA) is 87.3 Å². The molecule has 1 atom stereocenters. The summed E-state index contributed by atoms with van der Waals surface area (Å²) in [7, 11) is 0. The van der Waals surface area contributed by atoms with E-state index in [2.05, 4.69) is 16.0 Å². The normalized spacial score (nSPS) is 16.5. The lowest BCUT2D eigenvalue weighted by Crippen LogP contribution is -2.41. The number of alkyl halides is 3. The van der Waals surface area contributed by atoms with Gasteiger partial charge < -0.3 is 16.0 Å². The maximum absolute atomic E-state index is 12.5. The summed E-state index contributed by atoms with van der Waals surface area (Å²) in [6.45, 7) is 0. The average molecular weight is 391 g/mol. The highest BCUT2D eigenvalue weighted by Gasteiger charge is 2.30. The van der Waals surface area contributed by atoms with Gasteiger partial charge in [-0.1, -0.05) is 12.1 Å². The van der Waals surface area contributed by atoms with Crippen LogP contribution in [0.1, 0.15) is 28.8 Å². The summed E-state index contributed by atoms with van der Waals surface area (Å²) >= 11 is 0. The molecule has 1 aliphatic rings. The van der Waals surface area contributed by atoms with Crippen molar-refractivity contribution in [3.8, 4) is 0 Å². The molecule has 2 aromatic carbocycles. The van der Waals surface area contributed by atoms with Gasteiger partial charge in [-0.3, -0.25) is 14.4 Å². The Bertz CT molecular complexity index is 911. The number of anilines is 2. The van der Waals surface area contributed by atoms with Crippen molar-refractivity contribution in [1.29, 1.82) is 0 Å². The minimum Gasteiger partial charge on any atom is -0.340 e. The van der Waals surface area contributed by atoms with Crippen molar-refractivity contribution < 1.29 is 27.6 Å². The number of fused-ring (bicyclic) bond motifs is 1. The molecule has 0 aromatic heterocycles. The van der Waals surface area contributed by atoms with Gasteiger partial charge in [0.25, 0.3) is 5.91 Å². The molecule has 0 bridgehead atoms. The summed E-state index contributed by atoms with van der Waals surface area (Å²) in [5.41, 5.74) is 0.108. The summed E-state index contributed by atoms with van der Waals surface area (Å²) < 4.78 is 37.6. The lowest BCUT2D eigenvalue weighted by Gasteiger charge is -2.14. The first-order valence-corrected chi connectivity index (χ1v) is 8.42. The number of hydrogen-bond donors (Lipinski definition) is 3. The molecule has 1 heterocycles. The van der Waals surface area contributed by atoms with Crippen LogP contribution in [0.15, 0.2) is 48.5 Å². The predicted octanol–water partition coefficient (Wildman–Crippen LogP) is 3.17. The van der Waals surface area contributed by atoms with Gasteiger partial charge in [0.2, 0.25) is 11.8 Å². The standard InChI is InChI=1S/C19H16F3N3O3/c20-19(21,22)11-5-7-12(8-6-11)23-16(26)10-9-15-18(28)24-14-4-2-1-3-13(14)17(27)25-15/h1-8,15H,9-10H2,(H,23,26)(H,24,28)(H,25,27)/t15-/m1/s1. The first-order chi connectivity index (χ1) is 13.2. The van der Waals surface area contributed by atoms with Crippen LogP contribution < -0.4 is 16.0 Å². The second-order valence-electron chi connectivity index (χ2n) is 6.22. The van der Waals surface area contributed by atoms with Crippen LogP contribution in [0.25, 0.3) is 0 Å². The molecule has 1 aliphatic heterocycles. The van der Waals surface area contributed by atoms with Crippen molar-refractivity contribution in [2.45, 2.75) is 25.1 Å². The number of amides is 3. The number of nitrogens with one attached hydrogen (secondary N) is 3. The number of para-hydroxylation sites is 1. The highest BCUT2D eigenvalue weighted by Crippen LogP contribution is 2.29. The Kier molecular flexibility index (Phi) is 5.34. The van der Waals surface area contributed by atoms with Gasteiger partial charge in [0.15, 0.2) is 0 Å². The highest BCUT2D eigenvalue weighted by atomic mass is 19.4. The third kappa shape index (κ3) is 4.48. The summed E-state index contributed by atoms with van der Waals surface area (Å²) in [6, 6.07) is 9.66. The van der Waals surface area contributed by atoms with Crippen LogP contribution in [0.4, 0.5) is 24.5 Å². The second kappa shape index (κ2) is 7.71. The van der Waals surface area contributed by atoms with Gasteiger partial charge in [0, 0.05) is 12.1 Å². The molecule has 0 saturated heterocycles. The third-order valence-electron chi connectivity index (χ3n) is 4.21. The average Bonchev–Trinajstić information content (AvgIpc) is 2.76. The Morgan fingerprint density at radius 1 is 1.04 bits per heavy atom. The molecule has 3 amide bonds. The number of benzene rings is 2. The lowest BCUT2D eigenvalue weighted by atomic mass is 10.1. The minimum absolute atomic E-state index is 0.0397. The van der Waals surface area contributed by atoms with E-state index in [1.54, 1.807) is 24.3 Å². The molecule has 0 aliphatic carbocycles. The summed E-state index contributed by atoms with van der Waals surface area (Å²) in [5, 5.41) is 7.68. The Hall–Kier alpha value is -3.36. The fraction of sp³-hybridized carbons (Fsp3) is 0.211. The fourth-order valence-corrected chi connectivity index (χ4v) is 2.76. The zero-order chi connectivity index (χ0) is 20.3. The molecule has 146 valence electrons. The van der Waals surface area contributed by atoms with Crippen LogP contribution in [0.5, 0.6) is 0 Å². The second-order valence-corrected chi connectivity index (χ2v) is 6.22. The van der Waals surface area contributed by atoms with E-state index in [0.29, 0.717) is 11.3 Å². The van der Waals surface area contributed by atoms with Gasteiger partial charge in [0.05, 0.1) is 16.8 Å². The lowest BCUT2D eigenvalue weighted by molar-refractivity contribution is -0.137. The Balaban J connectivity index is 1.57. The van der Waals surface area contributed by atoms with E-state index < -0.39 is 35.5 Å². The van der Waals surface area contributed by atoms with E-state index in [1.807, 2.05) is 0 Å². The maximum atomic E-state index is 12.5. The van der Waals surface area contributed by atoms with Gasteiger partial charge in [-0.2, -0.15) is 13.2 Å². The smallest absolute Gasteiger partial charge is 0.340 e. The van der Waals surface area contributed by atoms with Gasteiger partial charge in [-0.05, 0) is 42.8 Å². The fourth-order valence-electron chi connectivity index (χ4n) is 2.76. The Labute approximate surface area is 158 Å². The van der Waals surface area contributed by atoms with Crippen LogP contribution >= 0.6 is 0 Å². The quantitative estimate of drug-likeness (QED) is 0.748. The summed E-state index contributed by atoms with van der Waals surface area (Å²) in [4.78, 5) is 36.5. The van der Waals surface area contributed by atoms with Crippen molar-refractivity contribution >= 4 is 29.1 Å². The number of halogens is 3. The largest absolute Gasteiger partial charge is 0.416 e. The Morgan fingerprint density at radius 3 is 2.39 bits per heavy atom. The minimum atomic E-state index is -4.45. The predicted molar refractivity (Wildman–Crippen MR) is 95.6 cm³/mol. The molecule has 0 fully saturated rings. The van der Waals surface area contributed by atoms with E-state index in [-0.39, 0.29) is 18.5 Å². The van der Waals surface area contributed by atoms with E-state index in [0.717, 1.165) is 24.3 Å². The number of carbonyl (C=O) groups is 3. The van der Waals surface area contributed by atoms with E-state index in [1.165, 1.54) is 0 Å². The molecule has 3 rings (SSSR count). The molecule has 28 heavy (non-hydrogen) atoms. The van der Waals surface area contributed by atoms with Crippen molar-refractivity contribution in [3.05, 3.63) is 59.7 Å². The SMILES string of the molecule is O=C(CC[C@H]1NC(=O)c2ccccc2NC1=O)Nc1ccc(C(F)(F)F)cc1. The molecule has 2 aromatic rings. The van der Waals surface area contributed by atoms with Crippen molar-refractivity contribution in [2.75, 3.05) is 10.6 Å². The summed E-state index contributed by atoms with van der Waals surface area (Å²) in [6.07, 6.45) is -4.51. The van der Waals surface area contributed by atoms with Crippen LogP contribution in [0.3, 0.4) is 0 Å². The number of hydrogen-bond acceptors (Lipinski definition) is 3. The van der Waals surface area contributed by atoms with Crippen LogP contribution in [-0.4, -0.2) is 23.8 Å². The third-order valence-corrected chi connectivity index (χ3v) is 4.21. The molecule has 6 nitrogen and oxygen atoms in total. The monoisotopic (exact) mass is 391 g/mol. The first-order valence-electron chi connectivity index (χ1n) is 8.42. The number of carbonyl (C=O) groups excluding carboxylic acids is 3. The van der Waals surface area contributed by atoms with Crippen molar-refractivity contribution in [1.82, 2.24) is 5.32 Å². The molecule has 0 unspecified atom stereocenters. The van der Waals surface area contributed by atoms with Gasteiger partial charge in [-0.15, -0.1) is 0 Å². The number of rotatable bonds is 4. The van der Waals surface area contributed by atoms with E-state index in [4.69, 9.17) is 0 Å². The van der Waals surface area contributed by atoms with Gasteiger partial charge >= 0.3 is 6.18 Å². The molecule has 9 heteroatoms. The molecule has 0 saturated carbocycles. The summed E-state index contributed by atoms with van der Waals surface area (Å²) in [5.74, 6) is -1.36. The van der Waals surface area contributed by atoms with E-state index >= 15 is 0 Å². The van der Waals surface area contributed by atoms with Crippen LogP contribution in [0.2, 0.25) is 0 Å². The van der Waals surface area contributed by atoms with Crippen LogP contribution in [-0.2, 0) is 15.8 Å². The van der Waals surface area contributed by atoms with E-state index in [9.17, 15) is 27.6 Å². The van der Waals surface area contributed by atoms with Gasteiger partial charge in [-0.25, -0.2) is 0 Å². The zero-order valence-corrected chi connectivity index (χ0v) is 14.5. The molecule has 0 radical (unpaired) electrons. The zero-order valence-electron chi connectivity index (χ0n) is 14.5. The molecular weight excluding hydrogens is 375 g/mol.